The Hall–Kier alpha value is -1.15. The lowest BCUT2D eigenvalue weighted by Gasteiger charge is -2.04. The average Bonchev–Trinajstić information content (AvgIpc) is 2.87. The molecule has 3 rings (SSSR count). The molecule has 0 aliphatic heterocycles. The highest BCUT2D eigenvalue weighted by atomic mass is 35.5. The van der Waals surface area contributed by atoms with Crippen molar-refractivity contribution in [1.82, 2.24) is 4.57 Å². The van der Waals surface area contributed by atoms with Gasteiger partial charge in [0.05, 0.1) is 11.2 Å². The van der Waals surface area contributed by atoms with Gasteiger partial charge in [0.2, 0.25) is 0 Å². The number of aromatic nitrogens is 1. The Labute approximate surface area is 89.1 Å². The summed E-state index contributed by atoms with van der Waals surface area (Å²) >= 11 is 0. The second kappa shape index (κ2) is 3.21. The highest BCUT2D eigenvalue weighted by molar-refractivity contribution is 5.90. The fraction of sp³-hybridized carbons (Fsp3) is 0.273. The molecule has 3 heteroatoms. The Morgan fingerprint density at radius 2 is 2.00 bits per heavy atom. The molecular weight excluding hydrogens is 196 g/mol. The van der Waals surface area contributed by atoms with Crippen molar-refractivity contribution in [2.24, 2.45) is 0 Å². The van der Waals surface area contributed by atoms with Gasteiger partial charge in [0.15, 0.2) is 0 Å². The van der Waals surface area contributed by atoms with Gasteiger partial charge in [0.25, 0.3) is 0 Å². The molecule has 1 aliphatic carbocycles. The second-order valence-electron chi connectivity index (χ2n) is 3.74. The summed E-state index contributed by atoms with van der Waals surface area (Å²) < 4.78 is 2.31. The van der Waals surface area contributed by atoms with Crippen molar-refractivity contribution in [3.05, 3.63) is 30.5 Å². The van der Waals surface area contributed by atoms with Gasteiger partial charge < -0.3 is 10.3 Å². The van der Waals surface area contributed by atoms with E-state index >= 15 is 0 Å². The summed E-state index contributed by atoms with van der Waals surface area (Å²) in [6.45, 7) is 0. The van der Waals surface area contributed by atoms with Crippen molar-refractivity contribution in [3.8, 4) is 0 Å². The van der Waals surface area contributed by atoms with Crippen LogP contribution in [0.1, 0.15) is 18.9 Å². The number of para-hydroxylation sites is 1. The number of benzene rings is 1. The monoisotopic (exact) mass is 208 g/mol. The standard InChI is InChI=1S/C11H12N2.ClH/c12-10-3-1-2-8-6-7-13(11(8)10)9-4-5-9;/h1-3,6-7,9H,4-5,12H2;1H. The van der Waals surface area contributed by atoms with Crippen molar-refractivity contribution < 1.29 is 0 Å². The molecule has 0 bridgehead atoms. The number of nitrogens with two attached hydrogens (primary N) is 1. The molecule has 1 aromatic carbocycles. The minimum Gasteiger partial charge on any atom is -0.397 e. The van der Waals surface area contributed by atoms with E-state index in [9.17, 15) is 0 Å². The number of halogens is 1. The molecule has 2 aromatic rings. The Balaban J connectivity index is 0.000000750. The van der Waals surface area contributed by atoms with Gasteiger partial charge in [0, 0.05) is 17.6 Å². The SMILES string of the molecule is Cl.Nc1cccc2ccn(C3CC3)c12. The van der Waals surface area contributed by atoms with Crippen molar-refractivity contribution in [3.63, 3.8) is 0 Å². The van der Waals surface area contributed by atoms with Gasteiger partial charge in [-0.25, -0.2) is 0 Å². The van der Waals surface area contributed by atoms with Gasteiger partial charge in [-0.3, -0.25) is 0 Å². The highest BCUT2D eigenvalue weighted by Crippen LogP contribution is 2.38. The Morgan fingerprint density at radius 3 is 2.71 bits per heavy atom. The van der Waals surface area contributed by atoms with Crippen LogP contribution in [0.25, 0.3) is 10.9 Å². The molecule has 1 heterocycles. The van der Waals surface area contributed by atoms with Crippen molar-refractivity contribution in [2.75, 3.05) is 5.73 Å². The van der Waals surface area contributed by atoms with Crippen LogP contribution in [0.3, 0.4) is 0 Å². The lowest BCUT2D eigenvalue weighted by molar-refractivity contribution is 0.777. The lowest BCUT2D eigenvalue weighted by atomic mass is 10.2. The van der Waals surface area contributed by atoms with Crippen LogP contribution in [0.4, 0.5) is 5.69 Å². The highest BCUT2D eigenvalue weighted by Gasteiger charge is 2.24. The van der Waals surface area contributed by atoms with E-state index in [1.807, 2.05) is 12.1 Å². The normalized spacial score (nSPS) is 15.4. The number of hydrogen-bond donors (Lipinski definition) is 1. The average molecular weight is 209 g/mol. The second-order valence-corrected chi connectivity index (χ2v) is 3.74. The van der Waals surface area contributed by atoms with Crippen LogP contribution in [-0.2, 0) is 0 Å². The third-order valence-electron chi connectivity index (χ3n) is 2.71. The van der Waals surface area contributed by atoms with Crippen LogP contribution in [-0.4, -0.2) is 4.57 Å². The molecule has 0 spiro atoms. The minimum absolute atomic E-state index is 0. The summed E-state index contributed by atoms with van der Waals surface area (Å²) in [5.74, 6) is 0. The van der Waals surface area contributed by atoms with E-state index in [4.69, 9.17) is 5.73 Å². The zero-order valence-corrected chi connectivity index (χ0v) is 8.63. The van der Waals surface area contributed by atoms with E-state index in [1.54, 1.807) is 0 Å². The molecule has 1 saturated carbocycles. The molecule has 0 amide bonds. The molecule has 0 atom stereocenters. The Morgan fingerprint density at radius 1 is 1.21 bits per heavy atom. The maximum atomic E-state index is 5.95. The van der Waals surface area contributed by atoms with Crippen molar-refractivity contribution in [1.29, 1.82) is 0 Å². The number of nitrogens with zero attached hydrogens (tertiary/aromatic N) is 1. The molecule has 2 nitrogen and oxygen atoms in total. The Kier molecular flexibility index (Phi) is 2.16. The summed E-state index contributed by atoms with van der Waals surface area (Å²) in [4.78, 5) is 0. The van der Waals surface area contributed by atoms with E-state index in [2.05, 4.69) is 22.9 Å². The molecule has 0 radical (unpaired) electrons. The van der Waals surface area contributed by atoms with Crippen molar-refractivity contribution >= 4 is 29.0 Å². The topological polar surface area (TPSA) is 30.9 Å². The van der Waals surface area contributed by atoms with Gasteiger partial charge >= 0.3 is 0 Å². The molecule has 2 N–H and O–H groups in total. The van der Waals surface area contributed by atoms with Crippen LogP contribution in [0.2, 0.25) is 0 Å². The van der Waals surface area contributed by atoms with Crippen molar-refractivity contribution in [2.45, 2.75) is 18.9 Å². The third-order valence-corrected chi connectivity index (χ3v) is 2.71. The van der Waals surface area contributed by atoms with E-state index in [-0.39, 0.29) is 12.4 Å². The predicted octanol–water partition coefficient (Wildman–Crippen LogP) is 2.98. The van der Waals surface area contributed by atoms with Gasteiger partial charge in [-0.15, -0.1) is 12.4 Å². The van der Waals surface area contributed by atoms with Crippen LogP contribution in [0, 0.1) is 0 Å². The van der Waals surface area contributed by atoms with Gasteiger partial charge in [0.1, 0.15) is 0 Å². The largest absolute Gasteiger partial charge is 0.397 e. The fourth-order valence-corrected chi connectivity index (χ4v) is 1.90. The molecule has 1 fully saturated rings. The molecular formula is C11H13ClN2. The zero-order chi connectivity index (χ0) is 8.84. The summed E-state index contributed by atoms with van der Waals surface area (Å²) in [5, 5.41) is 1.26. The van der Waals surface area contributed by atoms with Crippen LogP contribution < -0.4 is 5.73 Å². The van der Waals surface area contributed by atoms with Crippen LogP contribution in [0.15, 0.2) is 30.5 Å². The first-order valence-electron chi connectivity index (χ1n) is 4.71. The number of fused-ring (bicyclic) bond motifs is 1. The Bertz CT molecular complexity index is 457. The van der Waals surface area contributed by atoms with Gasteiger partial charge in [-0.2, -0.15) is 0 Å². The van der Waals surface area contributed by atoms with Crippen LogP contribution >= 0.6 is 12.4 Å². The first-order valence-corrected chi connectivity index (χ1v) is 4.71. The quantitative estimate of drug-likeness (QED) is 0.718. The summed E-state index contributed by atoms with van der Waals surface area (Å²) in [5.41, 5.74) is 8.06. The molecule has 0 saturated heterocycles. The lowest BCUT2D eigenvalue weighted by Crippen LogP contribution is -1.94. The molecule has 1 aliphatic rings. The minimum atomic E-state index is 0. The van der Waals surface area contributed by atoms with E-state index in [0.29, 0.717) is 6.04 Å². The third kappa shape index (κ3) is 1.26. The molecule has 0 unspecified atom stereocenters. The zero-order valence-electron chi connectivity index (χ0n) is 7.81. The first-order chi connectivity index (χ1) is 6.36. The van der Waals surface area contributed by atoms with E-state index in [1.165, 1.54) is 23.7 Å². The number of anilines is 1. The van der Waals surface area contributed by atoms with E-state index < -0.39 is 0 Å². The smallest absolute Gasteiger partial charge is 0.0716 e. The maximum Gasteiger partial charge on any atom is 0.0716 e. The summed E-state index contributed by atoms with van der Waals surface area (Å²) in [6.07, 6.45) is 4.76. The fourth-order valence-electron chi connectivity index (χ4n) is 1.90. The molecule has 1 aromatic heterocycles. The number of nitrogen functional groups attached to an aromatic ring is 1. The molecule has 14 heavy (non-hydrogen) atoms. The maximum absolute atomic E-state index is 5.95. The number of hydrogen-bond acceptors (Lipinski definition) is 1. The molecule has 74 valence electrons. The van der Waals surface area contributed by atoms with Gasteiger partial charge in [-0.1, -0.05) is 12.1 Å². The number of rotatable bonds is 1. The van der Waals surface area contributed by atoms with Crippen LogP contribution in [0.5, 0.6) is 0 Å². The van der Waals surface area contributed by atoms with Gasteiger partial charge in [-0.05, 0) is 25.0 Å². The van der Waals surface area contributed by atoms with E-state index in [0.717, 1.165) is 5.69 Å². The summed E-state index contributed by atoms with van der Waals surface area (Å²) in [7, 11) is 0. The predicted molar refractivity (Wildman–Crippen MR) is 61.9 cm³/mol. The summed E-state index contributed by atoms with van der Waals surface area (Å²) in [6, 6.07) is 8.95. The first kappa shape index (κ1) is 9.41.